The van der Waals surface area contributed by atoms with E-state index >= 15 is 0 Å². The first-order valence-corrected chi connectivity index (χ1v) is 6.91. The molecule has 1 unspecified atom stereocenters. The fourth-order valence-corrected chi connectivity index (χ4v) is 2.49. The number of hydrogen-bond acceptors (Lipinski definition) is 4. The molecule has 1 aliphatic rings. The molecule has 118 valence electrons. The lowest BCUT2D eigenvalue weighted by molar-refractivity contribution is -0.143. The molecule has 2 heterocycles. The van der Waals surface area contributed by atoms with Crippen molar-refractivity contribution in [3.05, 3.63) is 17.8 Å². The zero-order valence-electron chi connectivity index (χ0n) is 11.8. The van der Waals surface area contributed by atoms with Gasteiger partial charge in [-0.25, -0.2) is 14.4 Å². The van der Waals surface area contributed by atoms with E-state index in [9.17, 15) is 17.6 Å². The number of hydrogen-bond donors (Lipinski definition) is 1. The zero-order chi connectivity index (χ0) is 15.5. The average Bonchev–Trinajstić information content (AvgIpc) is 2.83. The zero-order valence-corrected chi connectivity index (χ0v) is 11.8. The van der Waals surface area contributed by atoms with Gasteiger partial charge in [0.25, 0.3) is 0 Å². The summed E-state index contributed by atoms with van der Waals surface area (Å²) < 4.78 is 50.8. The van der Waals surface area contributed by atoms with Crippen molar-refractivity contribution in [1.29, 1.82) is 0 Å². The Morgan fingerprint density at radius 3 is 2.81 bits per heavy atom. The molecule has 1 aliphatic heterocycles. The summed E-state index contributed by atoms with van der Waals surface area (Å²) in [5, 5.41) is 2.88. The minimum atomic E-state index is -4.17. The third kappa shape index (κ3) is 4.52. The number of rotatable bonds is 5. The molecule has 1 fully saturated rings. The van der Waals surface area contributed by atoms with Gasteiger partial charge in [-0.15, -0.1) is 0 Å². The Morgan fingerprint density at radius 2 is 2.14 bits per heavy atom. The van der Waals surface area contributed by atoms with Crippen LogP contribution in [-0.2, 0) is 6.42 Å². The van der Waals surface area contributed by atoms with E-state index in [1.165, 1.54) is 11.2 Å². The van der Waals surface area contributed by atoms with Gasteiger partial charge >= 0.3 is 6.18 Å². The molecule has 0 saturated carbocycles. The molecule has 0 bridgehead atoms. The van der Waals surface area contributed by atoms with Gasteiger partial charge in [0.15, 0.2) is 11.6 Å². The minimum Gasteiger partial charge on any atom is -0.367 e. The second-order valence-electron chi connectivity index (χ2n) is 5.22. The number of alkyl halides is 3. The maximum atomic E-state index is 13.9. The van der Waals surface area contributed by atoms with Crippen LogP contribution in [0.3, 0.4) is 0 Å². The standard InChI is InChI=1S/C13H18F4N4/c1-2-10-11(14)12(20-8-19-10)18-5-9-3-4-21(6-9)7-13(15,16)17/h8-9H,2-7H2,1H3,(H,18,19,20). The second kappa shape index (κ2) is 6.55. The van der Waals surface area contributed by atoms with E-state index < -0.39 is 18.5 Å². The van der Waals surface area contributed by atoms with Crippen LogP contribution in [0.5, 0.6) is 0 Å². The number of nitrogens with zero attached hydrogens (tertiary/aromatic N) is 3. The first-order valence-electron chi connectivity index (χ1n) is 6.91. The summed E-state index contributed by atoms with van der Waals surface area (Å²) in [7, 11) is 0. The van der Waals surface area contributed by atoms with E-state index in [0.717, 1.165) is 0 Å². The lowest BCUT2D eigenvalue weighted by Gasteiger charge is -2.18. The number of likely N-dealkylation sites (tertiary alicyclic amines) is 1. The quantitative estimate of drug-likeness (QED) is 0.849. The Balaban J connectivity index is 1.85. The summed E-state index contributed by atoms with van der Waals surface area (Å²) in [6, 6.07) is 0. The number of nitrogens with one attached hydrogen (secondary N) is 1. The van der Waals surface area contributed by atoms with Crippen molar-refractivity contribution in [1.82, 2.24) is 14.9 Å². The maximum absolute atomic E-state index is 13.9. The molecule has 0 amide bonds. The number of anilines is 1. The molecule has 2 rings (SSSR count). The Morgan fingerprint density at radius 1 is 1.38 bits per heavy atom. The smallest absolute Gasteiger partial charge is 0.367 e. The lowest BCUT2D eigenvalue weighted by atomic mass is 10.1. The van der Waals surface area contributed by atoms with E-state index in [2.05, 4.69) is 15.3 Å². The van der Waals surface area contributed by atoms with Crippen LogP contribution in [0.4, 0.5) is 23.4 Å². The van der Waals surface area contributed by atoms with Gasteiger partial charge in [-0.2, -0.15) is 13.2 Å². The van der Waals surface area contributed by atoms with Crippen molar-refractivity contribution >= 4 is 5.82 Å². The average molecular weight is 306 g/mol. The van der Waals surface area contributed by atoms with E-state index in [1.807, 2.05) is 0 Å². The van der Waals surface area contributed by atoms with Gasteiger partial charge in [0.2, 0.25) is 0 Å². The molecule has 0 aromatic carbocycles. The Labute approximate surface area is 120 Å². The summed E-state index contributed by atoms with van der Waals surface area (Å²) in [4.78, 5) is 9.04. The van der Waals surface area contributed by atoms with Crippen LogP contribution in [0.2, 0.25) is 0 Å². The number of aryl methyl sites for hydroxylation is 1. The van der Waals surface area contributed by atoms with Gasteiger partial charge in [-0.05, 0) is 25.3 Å². The van der Waals surface area contributed by atoms with E-state index in [-0.39, 0.29) is 11.7 Å². The van der Waals surface area contributed by atoms with Crippen LogP contribution in [0.1, 0.15) is 19.0 Å². The Hall–Kier alpha value is -1.44. The molecule has 0 radical (unpaired) electrons. The van der Waals surface area contributed by atoms with Crippen LogP contribution in [0.25, 0.3) is 0 Å². The first kappa shape index (κ1) is 15.9. The van der Waals surface area contributed by atoms with Crippen LogP contribution in [-0.4, -0.2) is 47.2 Å². The molecule has 1 aromatic heterocycles. The fraction of sp³-hybridized carbons (Fsp3) is 0.692. The first-order chi connectivity index (χ1) is 9.89. The molecular formula is C13H18F4N4. The van der Waals surface area contributed by atoms with Gasteiger partial charge in [0.05, 0.1) is 12.2 Å². The second-order valence-corrected chi connectivity index (χ2v) is 5.22. The van der Waals surface area contributed by atoms with Gasteiger partial charge in [-0.1, -0.05) is 6.92 Å². The summed E-state index contributed by atoms with van der Waals surface area (Å²) in [6.07, 6.45) is -1.76. The topological polar surface area (TPSA) is 41.1 Å². The normalized spacial score (nSPS) is 20.0. The van der Waals surface area contributed by atoms with Gasteiger partial charge in [0, 0.05) is 13.1 Å². The fourth-order valence-electron chi connectivity index (χ4n) is 2.49. The highest BCUT2D eigenvalue weighted by Gasteiger charge is 2.34. The molecule has 1 saturated heterocycles. The van der Waals surface area contributed by atoms with Crippen molar-refractivity contribution in [3.63, 3.8) is 0 Å². The molecule has 21 heavy (non-hydrogen) atoms. The third-order valence-corrected chi connectivity index (χ3v) is 3.53. The third-order valence-electron chi connectivity index (χ3n) is 3.53. The predicted octanol–water partition coefficient (Wildman–Crippen LogP) is 2.47. The van der Waals surface area contributed by atoms with Crippen molar-refractivity contribution in [2.45, 2.75) is 25.9 Å². The minimum absolute atomic E-state index is 0.0618. The predicted molar refractivity (Wildman–Crippen MR) is 70.5 cm³/mol. The van der Waals surface area contributed by atoms with Crippen LogP contribution < -0.4 is 5.32 Å². The van der Waals surface area contributed by atoms with Gasteiger partial charge < -0.3 is 5.32 Å². The van der Waals surface area contributed by atoms with E-state index in [0.29, 0.717) is 38.2 Å². The molecular weight excluding hydrogens is 288 g/mol. The lowest BCUT2D eigenvalue weighted by Crippen LogP contribution is -2.33. The summed E-state index contributed by atoms with van der Waals surface area (Å²) >= 11 is 0. The highest BCUT2D eigenvalue weighted by Crippen LogP contribution is 2.23. The summed E-state index contributed by atoms with van der Waals surface area (Å²) in [6.45, 7) is 2.09. The van der Waals surface area contributed by atoms with Crippen molar-refractivity contribution in [2.24, 2.45) is 5.92 Å². The molecule has 1 aromatic rings. The van der Waals surface area contributed by atoms with E-state index in [4.69, 9.17) is 0 Å². The molecule has 1 N–H and O–H groups in total. The summed E-state index contributed by atoms with van der Waals surface area (Å²) in [5.41, 5.74) is 0.331. The Kier molecular flexibility index (Phi) is 4.97. The molecule has 8 heteroatoms. The van der Waals surface area contributed by atoms with Gasteiger partial charge in [-0.3, -0.25) is 4.90 Å². The van der Waals surface area contributed by atoms with Crippen molar-refractivity contribution in [3.8, 4) is 0 Å². The molecule has 0 aliphatic carbocycles. The number of halogens is 4. The maximum Gasteiger partial charge on any atom is 0.401 e. The van der Waals surface area contributed by atoms with Crippen LogP contribution in [0, 0.1) is 11.7 Å². The summed E-state index contributed by atoms with van der Waals surface area (Å²) in [5.74, 6) is -0.298. The Bertz CT molecular complexity index is 478. The largest absolute Gasteiger partial charge is 0.401 e. The van der Waals surface area contributed by atoms with E-state index in [1.54, 1.807) is 6.92 Å². The number of aromatic nitrogens is 2. The SMILES string of the molecule is CCc1ncnc(NCC2CCN(CC(F)(F)F)C2)c1F. The monoisotopic (exact) mass is 306 g/mol. The molecule has 0 spiro atoms. The van der Waals surface area contributed by atoms with Crippen molar-refractivity contribution < 1.29 is 17.6 Å². The van der Waals surface area contributed by atoms with Crippen molar-refractivity contribution in [2.75, 3.05) is 31.5 Å². The highest BCUT2D eigenvalue weighted by atomic mass is 19.4. The van der Waals surface area contributed by atoms with Gasteiger partial charge in [0.1, 0.15) is 6.33 Å². The highest BCUT2D eigenvalue weighted by molar-refractivity contribution is 5.37. The van der Waals surface area contributed by atoms with Crippen LogP contribution >= 0.6 is 0 Å². The van der Waals surface area contributed by atoms with Crippen LogP contribution in [0.15, 0.2) is 6.33 Å². The molecule has 1 atom stereocenters. The molecule has 4 nitrogen and oxygen atoms in total.